The van der Waals surface area contributed by atoms with Gasteiger partial charge in [0.25, 0.3) is 0 Å². The number of hydrogen-bond acceptors (Lipinski definition) is 2. The van der Waals surface area contributed by atoms with Crippen molar-refractivity contribution in [1.82, 2.24) is 5.32 Å². The maximum Gasteiger partial charge on any atom is 0.104 e. The number of hydrogen-bond donors (Lipinski definition) is 2. The standard InChI is InChI=1S/C10H16N2/c1-4-6-7-9(3)8-10(11)12-5-2/h2,6-9,12H,4,11H2,1,3H3/b7-6-,10-8-/t9-/m0/s1. The van der Waals surface area contributed by atoms with Crippen molar-refractivity contribution in [2.45, 2.75) is 20.3 Å². The Labute approximate surface area is 74.5 Å². The van der Waals surface area contributed by atoms with Gasteiger partial charge >= 0.3 is 0 Å². The fourth-order valence-corrected chi connectivity index (χ4v) is 0.815. The Hall–Kier alpha value is -1.36. The number of nitrogens with one attached hydrogen (secondary N) is 1. The topological polar surface area (TPSA) is 38.0 Å². The van der Waals surface area contributed by atoms with Crippen LogP contribution in [0.25, 0.3) is 0 Å². The molecule has 12 heavy (non-hydrogen) atoms. The van der Waals surface area contributed by atoms with E-state index in [1.807, 2.05) is 6.08 Å². The van der Waals surface area contributed by atoms with Gasteiger partial charge in [-0.05, 0) is 18.4 Å². The lowest BCUT2D eigenvalue weighted by Gasteiger charge is -2.01. The van der Waals surface area contributed by atoms with Gasteiger partial charge in [-0.2, -0.15) is 0 Å². The molecule has 2 heteroatoms. The van der Waals surface area contributed by atoms with Gasteiger partial charge in [0.15, 0.2) is 0 Å². The minimum atomic E-state index is 0.325. The molecule has 3 N–H and O–H groups in total. The second-order valence-electron chi connectivity index (χ2n) is 2.59. The van der Waals surface area contributed by atoms with Crippen LogP contribution in [-0.2, 0) is 0 Å². The Morgan fingerprint density at radius 1 is 1.75 bits per heavy atom. The molecule has 0 amide bonds. The molecule has 0 rings (SSSR count). The smallest absolute Gasteiger partial charge is 0.104 e. The van der Waals surface area contributed by atoms with Gasteiger partial charge in [0.1, 0.15) is 5.82 Å². The summed E-state index contributed by atoms with van der Waals surface area (Å²) in [7, 11) is 0. The van der Waals surface area contributed by atoms with Crippen molar-refractivity contribution < 1.29 is 0 Å². The molecule has 0 heterocycles. The van der Waals surface area contributed by atoms with Crippen LogP contribution < -0.4 is 11.1 Å². The zero-order valence-corrected chi connectivity index (χ0v) is 7.67. The van der Waals surface area contributed by atoms with Crippen molar-refractivity contribution in [2.24, 2.45) is 11.7 Å². The van der Waals surface area contributed by atoms with E-state index in [2.05, 4.69) is 37.4 Å². The molecule has 66 valence electrons. The van der Waals surface area contributed by atoms with Crippen LogP contribution in [0.3, 0.4) is 0 Å². The average molecular weight is 164 g/mol. The first-order valence-electron chi connectivity index (χ1n) is 4.06. The van der Waals surface area contributed by atoms with E-state index < -0.39 is 0 Å². The van der Waals surface area contributed by atoms with E-state index in [9.17, 15) is 0 Å². The Morgan fingerprint density at radius 3 is 2.92 bits per heavy atom. The molecule has 0 saturated carbocycles. The summed E-state index contributed by atoms with van der Waals surface area (Å²) in [6, 6.07) is 2.26. The number of rotatable bonds is 4. The van der Waals surface area contributed by atoms with E-state index in [0.717, 1.165) is 6.42 Å². The first-order valence-corrected chi connectivity index (χ1v) is 4.06. The van der Waals surface area contributed by atoms with E-state index in [-0.39, 0.29) is 0 Å². The lowest BCUT2D eigenvalue weighted by Crippen LogP contribution is -2.14. The van der Waals surface area contributed by atoms with Crippen molar-refractivity contribution in [3.05, 3.63) is 24.0 Å². The van der Waals surface area contributed by atoms with E-state index >= 15 is 0 Å². The van der Waals surface area contributed by atoms with Crippen LogP contribution in [0.15, 0.2) is 24.0 Å². The third-order valence-corrected chi connectivity index (χ3v) is 1.33. The van der Waals surface area contributed by atoms with Gasteiger partial charge in [-0.1, -0.05) is 32.4 Å². The molecule has 0 aromatic heterocycles. The minimum absolute atomic E-state index is 0.325. The molecular formula is C10H16N2. The quantitative estimate of drug-likeness (QED) is 0.376. The van der Waals surface area contributed by atoms with Crippen molar-refractivity contribution in [1.29, 1.82) is 0 Å². The molecule has 0 spiro atoms. The summed E-state index contributed by atoms with van der Waals surface area (Å²) in [5.41, 5.74) is 5.53. The highest BCUT2D eigenvalue weighted by molar-refractivity contribution is 5.07. The fraction of sp³-hybridized carbons (Fsp3) is 0.400. The lowest BCUT2D eigenvalue weighted by atomic mass is 10.1. The van der Waals surface area contributed by atoms with Gasteiger partial charge in [-0.15, -0.1) is 0 Å². The highest BCUT2D eigenvalue weighted by atomic mass is 15.0. The average Bonchev–Trinajstić information content (AvgIpc) is 2.01. The van der Waals surface area contributed by atoms with E-state index in [1.165, 1.54) is 0 Å². The molecule has 0 aliphatic carbocycles. The molecule has 0 aromatic carbocycles. The molecule has 0 unspecified atom stereocenters. The Bertz CT molecular complexity index is 208. The predicted molar refractivity (Wildman–Crippen MR) is 52.8 cm³/mol. The summed E-state index contributed by atoms with van der Waals surface area (Å²) >= 11 is 0. The second kappa shape index (κ2) is 6.36. The maximum absolute atomic E-state index is 5.53. The van der Waals surface area contributed by atoms with Gasteiger partial charge in [-0.25, -0.2) is 0 Å². The number of nitrogens with two attached hydrogens (primary N) is 1. The molecule has 0 aliphatic rings. The highest BCUT2D eigenvalue weighted by Crippen LogP contribution is 2.00. The summed E-state index contributed by atoms with van der Waals surface area (Å²) in [6.45, 7) is 4.15. The highest BCUT2D eigenvalue weighted by Gasteiger charge is 1.91. The first-order chi connectivity index (χ1) is 5.70. The largest absolute Gasteiger partial charge is 0.385 e. The van der Waals surface area contributed by atoms with Crippen LogP contribution in [0.4, 0.5) is 0 Å². The van der Waals surface area contributed by atoms with Crippen LogP contribution in [0.2, 0.25) is 0 Å². The zero-order chi connectivity index (χ0) is 9.40. The van der Waals surface area contributed by atoms with Gasteiger partial charge in [0.2, 0.25) is 0 Å². The molecule has 2 nitrogen and oxygen atoms in total. The molecule has 0 aliphatic heterocycles. The number of allylic oxidation sites excluding steroid dienone is 3. The minimum Gasteiger partial charge on any atom is -0.385 e. The van der Waals surface area contributed by atoms with Crippen molar-refractivity contribution in [2.75, 3.05) is 0 Å². The van der Waals surface area contributed by atoms with E-state index in [1.54, 1.807) is 0 Å². The molecule has 1 atom stereocenters. The Balaban J connectivity index is 3.97. The van der Waals surface area contributed by atoms with Gasteiger partial charge in [-0.3, -0.25) is 0 Å². The molecule has 0 radical (unpaired) electrons. The summed E-state index contributed by atoms with van der Waals surface area (Å²) < 4.78 is 0. The Morgan fingerprint density at radius 2 is 2.42 bits per heavy atom. The second-order valence-corrected chi connectivity index (χ2v) is 2.59. The molecular weight excluding hydrogens is 148 g/mol. The third-order valence-electron chi connectivity index (χ3n) is 1.33. The maximum atomic E-state index is 5.53. The first kappa shape index (κ1) is 10.6. The van der Waals surface area contributed by atoms with Crippen molar-refractivity contribution in [3.63, 3.8) is 0 Å². The summed E-state index contributed by atoms with van der Waals surface area (Å²) in [5, 5.41) is 2.59. The SMILES string of the molecule is C#CN/C(N)=C\[C@@H](C)/C=C\CC. The zero-order valence-electron chi connectivity index (χ0n) is 7.67. The van der Waals surface area contributed by atoms with Crippen LogP contribution in [-0.4, -0.2) is 0 Å². The Kier molecular flexibility index (Phi) is 5.64. The summed E-state index contributed by atoms with van der Waals surface area (Å²) in [5.74, 6) is 0.858. The van der Waals surface area contributed by atoms with Crippen LogP contribution in [0.1, 0.15) is 20.3 Å². The van der Waals surface area contributed by atoms with E-state index in [0.29, 0.717) is 11.7 Å². The predicted octanol–water partition coefficient (Wildman–Crippen LogP) is 1.57. The van der Waals surface area contributed by atoms with Gasteiger partial charge in [0, 0.05) is 6.04 Å². The normalized spacial score (nSPS) is 14.2. The third kappa shape index (κ3) is 5.43. The summed E-state index contributed by atoms with van der Waals surface area (Å²) in [6.07, 6.45) is 12.1. The monoisotopic (exact) mass is 164 g/mol. The van der Waals surface area contributed by atoms with Gasteiger partial charge < -0.3 is 11.1 Å². The fourth-order valence-electron chi connectivity index (χ4n) is 0.815. The van der Waals surface area contributed by atoms with Gasteiger partial charge in [0.05, 0.1) is 0 Å². The molecule has 0 bridgehead atoms. The summed E-state index contributed by atoms with van der Waals surface area (Å²) in [4.78, 5) is 0. The van der Waals surface area contributed by atoms with Crippen molar-refractivity contribution in [3.8, 4) is 12.5 Å². The van der Waals surface area contributed by atoms with E-state index in [4.69, 9.17) is 12.2 Å². The molecule has 0 fully saturated rings. The van der Waals surface area contributed by atoms with Crippen molar-refractivity contribution >= 4 is 0 Å². The molecule has 0 aromatic rings. The molecule has 0 saturated heterocycles. The lowest BCUT2D eigenvalue weighted by molar-refractivity contribution is 0.889. The van der Waals surface area contributed by atoms with Crippen LogP contribution in [0, 0.1) is 18.4 Å². The van der Waals surface area contributed by atoms with Crippen LogP contribution in [0.5, 0.6) is 0 Å². The number of terminal acetylenes is 1. The van der Waals surface area contributed by atoms with Crippen LogP contribution >= 0.6 is 0 Å².